The van der Waals surface area contributed by atoms with Crippen LogP contribution in [0, 0.1) is 19.3 Å². The summed E-state index contributed by atoms with van der Waals surface area (Å²) in [4.78, 5) is 17.8. The van der Waals surface area contributed by atoms with E-state index in [1.807, 2.05) is 37.3 Å². The molecule has 0 saturated heterocycles. The Balaban J connectivity index is 1.71. The van der Waals surface area contributed by atoms with Crippen molar-refractivity contribution in [1.29, 1.82) is 0 Å². The van der Waals surface area contributed by atoms with Gasteiger partial charge in [-0.15, -0.1) is 17.8 Å². The summed E-state index contributed by atoms with van der Waals surface area (Å²) in [5, 5.41) is 3.81. The predicted molar refractivity (Wildman–Crippen MR) is 105 cm³/mol. The molecule has 0 fully saturated rings. The Morgan fingerprint density at radius 2 is 2.04 bits per heavy atom. The van der Waals surface area contributed by atoms with Crippen molar-refractivity contribution in [3.8, 4) is 18.1 Å². The molecular weight excluding hydrogens is 344 g/mol. The van der Waals surface area contributed by atoms with Gasteiger partial charge in [0.1, 0.15) is 17.2 Å². The van der Waals surface area contributed by atoms with Crippen LogP contribution >= 0.6 is 11.3 Å². The Bertz CT molecular complexity index is 942. The minimum atomic E-state index is -0.173. The normalized spacial score (nSPS) is 10.2. The van der Waals surface area contributed by atoms with Gasteiger partial charge < -0.3 is 10.1 Å². The van der Waals surface area contributed by atoms with Crippen LogP contribution in [-0.2, 0) is 6.42 Å². The molecule has 0 aliphatic carbocycles. The van der Waals surface area contributed by atoms with Gasteiger partial charge in [-0.05, 0) is 24.6 Å². The van der Waals surface area contributed by atoms with E-state index in [1.54, 1.807) is 12.1 Å². The summed E-state index contributed by atoms with van der Waals surface area (Å²) in [5.41, 5.74) is 2.56. The molecule has 1 amide bonds. The Labute approximate surface area is 156 Å². The van der Waals surface area contributed by atoms with Crippen molar-refractivity contribution in [2.24, 2.45) is 0 Å². The third-order valence-corrected chi connectivity index (χ3v) is 4.82. The van der Waals surface area contributed by atoms with Crippen molar-refractivity contribution in [1.82, 2.24) is 4.98 Å². The van der Waals surface area contributed by atoms with Crippen LogP contribution in [0.5, 0.6) is 5.75 Å². The molecule has 4 nitrogen and oxygen atoms in total. The SMILES string of the molecule is C#CCOc1cccc(NC(=O)c2sc(Cc3ccccc3)nc2C)c1. The highest BCUT2D eigenvalue weighted by molar-refractivity contribution is 7.14. The molecule has 130 valence electrons. The number of benzene rings is 2. The number of carbonyl (C=O) groups excluding carboxylic acids is 1. The van der Waals surface area contributed by atoms with E-state index in [1.165, 1.54) is 16.9 Å². The zero-order chi connectivity index (χ0) is 18.4. The molecule has 0 aliphatic heterocycles. The van der Waals surface area contributed by atoms with Gasteiger partial charge in [0.05, 0.1) is 10.7 Å². The third-order valence-electron chi connectivity index (χ3n) is 3.66. The van der Waals surface area contributed by atoms with Crippen LogP contribution < -0.4 is 10.1 Å². The summed E-state index contributed by atoms with van der Waals surface area (Å²) in [7, 11) is 0. The molecule has 5 heteroatoms. The van der Waals surface area contributed by atoms with Crippen LogP contribution in [0.3, 0.4) is 0 Å². The molecule has 26 heavy (non-hydrogen) atoms. The lowest BCUT2D eigenvalue weighted by Gasteiger charge is -2.07. The number of aromatic nitrogens is 1. The minimum absolute atomic E-state index is 0.173. The molecular formula is C21H18N2O2S. The van der Waals surface area contributed by atoms with Crippen molar-refractivity contribution in [3.05, 3.63) is 75.7 Å². The number of hydrogen-bond acceptors (Lipinski definition) is 4. The van der Waals surface area contributed by atoms with Gasteiger partial charge in [-0.2, -0.15) is 0 Å². The van der Waals surface area contributed by atoms with Crippen molar-refractivity contribution < 1.29 is 9.53 Å². The van der Waals surface area contributed by atoms with E-state index in [0.717, 1.165) is 17.1 Å². The first-order valence-electron chi connectivity index (χ1n) is 8.13. The number of anilines is 1. The highest BCUT2D eigenvalue weighted by Crippen LogP contribution is 2.23. The zero-order valence-corrected chi connectivity index (χ0v) is 15.2. The van der Waals surface area contributed by atoms with E-state index in [2.05, 4.69) is 28.4 Å². The third kappa shape index (κ3) is 4.50. The highest BCUT2D eigenvalue weighted by Gasteiger charge is 2.16. The maximum Gasteiger partial charge on any atom is 0.267 e. The lowest BCUT2D eigenvalue weighted by Crippen LogP contribution is -2.11. The van der Waals surface area contributed by atoms with Crippen LogP contribution in [0.4, 0.5) is 5.69 Å². The number of carbonyl (C=O) groups is 1. The lowest BCUT2D eigenvalue weighted by molar-refractivity contribution is 0.103. The second-order valence-electron chi connectivity index (χ2n) is 5.66. The van der Waals surface area contributed by atoms with Gasteiger partial charge in [0.15, 0.2) is 0 Å². The van der Waals surface area contributed by atoms with Gasteiger partial charge in [-0.25, -0.2) is 4.98 Å². The summed E-state index contributed by atoms with van der Waals surface area (Å²) in [6.07, 6.45) is 5.91. The van der Waals surface area contributed by atoms with E-state index >= 15 is 0 Å². The summed E-state index contributed by atoms with van der Waals surface area (Å²) in [5.74, 6) is 2.86. The predicted octanol–water partition coefficient (Wildman–Crippen LogP) is 4.31. The Morgan fingerprint density at radius 3 is 2.81 bits per heavy atom. The van der Waals surface area contributed by atoms with Gasteiger partial charge in [-0.1, -0.05) is 42.3 Å². The zero-order valence-electron chi connectivity index (χ0n) is 14.4. The van der Waals surface area contributed by atoms with Crippen molar-refractivity contribution in [2.75, 3.05) is 11.9 Å². The monoisotopic (exact) mass is 362 g/mol. The van der Waals surface area contributed by atoms with Crippen LogP contribution in [0.1, 0.15) is 25.9 Å². The fourth-order valence-corrected chi connectivity index (χ4v) is 3.48. The second-order valence-corrected chi connectivity index (χ2v) is 6.74. The molecule has 0 atom stereocenters. The molecule has 1 aromatic heterocycles. The molecule has 3 rings (SSSR count). The van der Waals surface area contributed by atoms with Gasteiger partial charge >= 0.3 is 0 Å². The van der Waals surface area contributed by atoms with Crippen molar-refractivity contribution in [3.63, 3.8) is 0 Å². The average Bonchev–Trinajstić information content (AvgIpc) is 3.01. The van der Waals surface area contributed by atoms with Crippen molar-refractivity contribution >= 4 is 22.9 Å². The Kier molecular flexibility index (Phi) is 5.67. The second kappa shape index (κ2) is 8.32. The molecule has 0 bridgehead atoms. The molecule has 3 aromatic rings. The van der Waals surface area contributed by atoms with Gasteiger partial charge in [-0.3, -0.25) is 4.79 Å². The number of nitrogens with one attached hydrogen (secondary N) is 1. The Morgan fingerprint density at radius 1 is 1.23 bits per heavy atom. The van der Waals surface area contributed by atoms with E-state index < -0.39 is 0 Å². The minimum Gasteiger partial charge on any atom is -0.481 e. The molecule has 0 radical (unpaired) electrons. The molecule has 1 N–H and O–H groups in total. The standard InChI is InChI=1S/C21H18N2O2S/c1-3-12-25-18-11-7-10-17(14-18)23-21(24)20-15(2)22-19(26-20)13-16-8-5-4-6-9-16/h1,4-11,14H,12-13H2,2H3,(H,23,24). The number of rotatable bonds is 6. The summed E-state index contributed by atoms with van der Waals surface area (Å²) < 4.78 is 5.38. The summed E-state index contributed by atoms with van der Waals surface area (Å²) in [6, 6.07) is 17.2. The Hall–Kier alpha value is -3.10. The van der Waals surface area contributed by atoms with Crippen LogP contribution in [0.2, 0.25) is 0 Å². The largest absolute Gasteiger partial charge is 0.481 e. The van der Waals surface area contributed by atoms with Gasteiger partial charge in [0, 0.05) is 18.2 Å². The smallest absolute Gasteiger partial charge is 0.267 e. The van der Waals surface area contributed by atoms with E-state index in [4.69, 9.17) is 11.2 Å². The molecule has 2 aromatic carbocycles. The van der Waals surface area contributed by atoms with E-state index in [-0.39, 0.29) is 12.5 Å². The highest BCUT2D eigenvalue weighted by atomic mass is 32.1. The van der Waals surface area contributed by atoms with Crippen LogP contribution in [0.15, 0.2) is 54.6 Å². The topological polar surface area (TPSA) is 51.2 Å². The van der Waals surface area contributed by atoms with Gasteiger partial charge in [0.2, 0.25) is 0 Å². The van der Waals surface area contributed by atoms with Crippen LogP contribution in [-0.4, -0.2) is 17.5 Å². The van der Waals surface area contributed by atoms with E-state index in [9.17, 15) is 4.79 Å². The molecule has 0 spiro atoms. The maximum absolute atomic E-state index is 12.6. The number of hydrogen-bond donors (Lipinski definition) is 1. The fraction of sp³-hybridized carbons (Fsp3) is 0.143. The fourth-order valence-electron chi connectivity index (χ4n) is 2.49. The number of aryl methyl sites for hydroxylation is 1. The number of thiazole rings is 1. The first-order valence-corrected chi connectivity index (χ1v) is 8.95. The molecule has 0 unspecified atom stereocenters. The molecule has 0 saturated carbocycles. The van der Waals surface area contributed by atoms with Gasteiger partial charge in [0.25, 0.3) is 5.91 Å². The molecule has 0 aliphatic rings. The number of ether oxygens (including phenoxy) is 1. The number of nitrogens with zero attached hydrogens (tertiary/aromatic N) is 1. The summed E-state index contributed by atoms with van der Waals surface area (Å²) in [6.45, 7) is 2.04. The van der Waals surface area contributed by atoms with Crippen LogP contribution in [0.25, 0.3) is 0 Å². The maximum atomic E-state index is 12.6. The average molecular weight is 362 g/mol. The molecule has 1 heterocycles. The van der Waals surface area contributed by atoms with Crippen molar-refractivity contribution in [2.45, 2.75) is 13.3 Å². The summed E-state index contributed by atoms with van der Waals surface area (Å²) >= 11 is 1.42. The first-order chi connectivity index (χ1) is 12.7. The number of amides is 1. The lowest BCUT2D eigenvalue weighted by atomic mass is 10.2. The quantitative estimate of drug-likeness (QED) is 0.665. The number of terminal acetylenes is 1. The van der Waals surface area contributed by atoms with E-state index in [0.29, 0.717) is 16.3 Å². The first kappa shape index (κ1) is 17.7.